The number of para-hydroxylation sites is 2. The minimum Gasteiger partial charge on any atom is -0.456 e. The molecule has 10 aromatic rings. The Morgan fingerprint density at radius 2 is 1.09 bits per heavy atom. The van der Waals surface area contributed by atoms with Crippen molar-refractivity contribution in [1.82, 2.24) is 19.5 Å². The van der Waals surface area contributed by atoms with Crippen molar-refractivity contribution in [1.29, 1.82) is 0 Å². The van der Waals surface area contributed by atoms with Gasteiger partial charge in [0, 0.05) is 55.0 Å². The second kappa shape index (κ2) is 13.2. The number of furan rings is 1. The first-order valence-corrected chi connectivity index (χ1v) is 19.0. The van der Waals surface area contributed by atoms with Crippen LogP contribution < -0.4 is 10.6 Å². The summed E-state index contributed by atoms with van der Waals surface area (Å²) >= 11 is 0. The van der Waals surface area contributed by atoms with Gasteiger partial charge in [-0.1, -0.05) is 146 Å². The number of aromatic nitrogens is 4. The predicted molar refractivity (Wildman–Crippen MR) is 228 cm³/mol. The van der Waals surface area contributed by atoms with Crippen LogP contribution in [0.15, 0.2) is 180 Å². The molecule has 5 heteroatoms. The second-order valence-corrected chi connectivity index (χ2v) is 14.4. The van der Waals surface area contributed by atoms with Gasteiger partial charge in [-0.15, -0.1) is 0 Å². The topological polar surface area (TPSA) is 56.7 Å². The minimum atomic E-state index is 0.273. The first-order valence-electron chi connectivity index (χ1n) is 19.0. The van der Waals surface area contributed by atoms with Gasteiger partial charge in [-0.05, 0) is 65.6 Å². The molecule has 7 aromatic carbocycles. The number of hydrogen-bond donors (Lipinski definition) is 0. The Balaban J connectivity index is 0.954. The van der Waals surface area contributed by atoms with E-state index in [1.54, 1.807) is 0 Å². The summed E-state index contributed by atoms with van der Waals surface area (Å²) in [5.41, 5.74) is 10.5. The Bertz CT molecular complexity index is 3160. The van der Waals surface area contributed by atoms with Crippen LogP contribution in [0.5, 0.6) is 0 Å². The molecular weight excluding hydrogens is 685 g/mol. The SMILES string of the molecule is C1=c2c(n(-c3ccccc3)c3ccccc23)=CCC1c1cccc(-c2ccc3oc4cc(-c5nc(-c6ccccc6)nc(-c6ccccc6)n5)ccc4c3c2)c1. The second-order valence-electron chi connectivity index (χ2n) is 14.4. The van der Waals surface area contributed by atoms with Crippen LogP contribution in [0.4, 0.5) is 0 Å². The van der Waals surface area contributed by atoms with E-state index in [1.807, 2.05) is 66.7 Å². The third kappa shape index (κ3) is 5.52. The van der Waals surface area contributed by atoms with Gasteiger partial charge in [-0.25, -0.2) is 15.0 Å². The van der Waals surface area contributed by atoms with E-state index >= 15 is 0 Å². The van der Waals surface area contributed by atoms with Gasteiger partial charge in [-0.2, -0.15) is 0 Å². The summed E-state index contributed by atoms with van der Waals surface area (Å²) in [4.78, 5) is 14.7. The van der Waals surface area contributed by atoms with Gasteiger partial charge in [0.05, 0.1) is 5.52 Å². The van der Waals surface area contributed by atoms with Crippen molar-refractivity contribution in [3.05, 3.63) is 192 Å². The number of benzene rings is 7. The number of nitrogens with zero attached hydrogens (tertiary/aromatic N) is 4. The fourth-order valence-electron chi connectivity index (χ4n) is 8.24. The maximum absolute atomic E-state index is 6.47. The van der Waals surface area contributed by atoms with E-state index in [9.17, 15) is 0 Å². The van der Waals surface area contributed by atoms with Crippen molar-refractivity contribution < 1.29 is 4.42 Å². The molecule has 0 amide bonds. The molecule has 3 heterocycles. The van der Waals surface area contributed by atoms with Gasteiger partial charge < -0.3 is 8.98 Å². The molecule has 0 bridgehead atoms. The van der Waals surface area contributed by atoms with Crippen LogP contribution in [0, 0.1) is 0 Å². The fraction of sp³-hybridized carbons (Fsp3) is 0.0392. The summed E-state index contributed by atoms with van der Waals surface area (Å²) in [5.74, 6) is 2.14. The maximum atomic E-state index is 6.47. The lowest BCUT2D eigenvalue weighted by molar-refractivity contribution is 0.669. The van der Waals surface area contributed by atoms with Gasteiger partial charge in [0.1, 0.15) is 11.2 Å². The molecule has 0 aliphatic heterocycles. The molecule has 1 unspecified atom stereocenters. The smallest absolute Gasteiger partial charge is 0.164 e. The van der Waals surface area contributed by atoms with E-state index in [-0.39, 0.29) is 5.92 Å². The average Bonchev–Trinajstić information content (AvgIpc) is 3.82. The Morgan fingerprint density at radius 3 is 1.84 bits per heavy atom. The highest BCUT2D eigenvalue weighted by Crippen LogP contribution is 2.36. The molecule has 0 spiro atoms. The quantitative estimate of drug-likeness (QED) is 0.172. The number of rotatable bonds is 6. The summed E-state index contributed by atoms with van der Waals surface area (Å²) in [7, 11) is 0. The minimum absolute atomic E-state index is 0.273. The lowest BCUT2D eigenvalue weighted by Crippen LogP contribution is -2.31. The molecule has 1 aliphatic carbocycles. The Labute approximate surface area is 323 Å². The summed E-state index contributed by atoms with van der Waals surface area (Å²) < 4.78 is 8.87. The lowest BCUT2D eigenvalue weighted by atomic mass is 9.89. The van der Waals surface area contributed by atoms with E-state index in [4.69, 9.17) is 19.4 Å². The van der Waals surface area contributed by atoms with Crippen LogP contribution in [0.2, 0.25) is 0 Å². The van der Waals surface area contributed by atoms with Crippen molar-refractivity contribution >= 4 is 45.0 Å². The van der Waals surface area contributed by atoms with Crippen LogP contribution in [-0.2, 0) is 0 Å². The number of fused-ring (bicyclic) bond motifs is 6. The van der Waals surface area contributed by atoms with Gasteiger partial charge in [-0.3, -0.25) is 0 Å². The van der Waals surface area contributed by atoms with Gasteiger partial charge in [0.2, 0.25) is 0 Å². The number of hydrogen-bond acceptors (Lipinski definition) is 4. The molecular formula is C51H34N4O. The monoisotopic (exact) mass is 718 g/mol. The highest BCUT2D eigenvalue weighted by Gasteiger charge is 2.18. The van der Waals surface area contributed by atoms with Crippen molar-refractivity contribution in [2.75, 3.05) is 0 Å². The Kier molecular flexibility index (Phi) is 7.56. The van der Waals surface area contributed by atoms with Gasteiger partial charge in [0.15, 0.2) is 17.5 Å². The fourth-order valence-corrected chi connectivity index (χ4v) is 8.24. The Hall–Kier alpha value is -7.37. The van der Waals surface area contributed by atoms with Crippen molar-refractivity contribution in [2.45, 2.75) is 12.3 Å². The largest absolute Gasteiger partial charge is 0.456 e. The molecule has 56 heavy (non-hydrogen) atoms. The summed E-state index contributed by atoms with van der Waals surface area (Å²) in [5, 5.41) is 6.00. The molecule has 11 rings (SSSR count). The van der Waals surface area contributed by atoms with E-state index in [0.29, 0.717) is 17.5 Å². The van der Waals surface area contributed by atoms with Crippen LogP contribution in [-0.4, -0.2) is 19.5 Å². The van der Waals surface area contributed by atoms with E-state index in [0.717, 1.165) is 50.6 Å². The molecule has 0 saturated carbocycles. The van der Waals surface area contributed by atoms with E-state index < -0.39 is 0 Å². The Morgan fingerprint density at radius 1 is 0.464 bits per heavy atom. The molecule has 1 atom stereocenters. The van der Waals surface area contributed by atoms with Crippen molar-refractivity contribution in [3.63, 3.8) is 0 Å². The van der Waals surface area contributed by atoms with Gasteiger partial charge >= 0.3 is 0 Å². The summed E-state index contributed by atoms with van der Waals surface area (Å²) in [6.45, 7) is 0. The average molecular weight is 719 g/mol. The third-order valence-electron chi connectivity index (χ3n) is 11.0. The highest BCUT2D eigenvalue weighted by molar-refractivity contribution is 6.07. The standard InChI is InChI=1S/C51H34N4O/c1-4-13-33(14-5-1)49-52-50(34-15-6-2-7-16-34)54-51(53-49)39-23-26-42-44-31-38(25-28-47(44)56-48(42)32-39)36-18-12-17-35(29-36)37-24-27-46-43(30-37)41-21-10-11-22-45(41)55(46)40-19-8-3-9-20-40/h1-23,25-32,37H,24H2. The molecule has 5 nitrogen and oxygen atoms in total. The first-order chi connectivity index (χ1) is 27.7. The van der Waals surface area contributed by atoms with Gasteiger partial charge in [0.25, 0.3) is 0 Å². The molecule has 0 fully saturated rings. The van der Waals surface area contributed by atoms with Crippen LogP contribution in [0.1, 0.15) is 17.9 Å². The van der Waals surface area contributed by atoms with E-state index in [2.05, 4.69) is 126 Å². The van der Waals surface area contributed by atoms with Crippen molar-refractivity contribution in [2.24, 2.45) is 0 Å². The maximum Gasteiger partial charge on any atom is 0.164 e. The molecule has 0 saturated heterocycles. The normalized spacial score (nSPS) is 13.8. The third-order valence-corrected chi connectivity index (χ3v) is 11.0. The first kappa shape index (κ1) is 32.1. The van der Waals surface area contributed by atoms with Crippen LogP contribution in [0.3, 0.4) is 0 Å². The molecule has 264 valence electrons. The van der Waals surface area contributed by atoms with Crippen molar-refractivity contribution in [3.8, 4) is 51.0 Å². The molecule has 3 aromatic heterocycles. The van der Waals surface area contributed by atoms with Crippen LogP contribution in [0.25, 0.3) is 96.0 Å². The zero-order valence-corrected chi connectivity index (χ0v) is 30.4. The predicted octanol–water partition coefficient (Wildman–Crippen LogP) is 11.1. The van der Waals surface area contributed by atoms with E-state index in [1.165, 1.54) is 38.3 Å². The zero-order chi connectivity index (χ0) is 37.0. The lowest BCUT2D eigenvalue weighted by Gasteiger charge is -2.16. The zero-order valence-electron chi connectivity index (χ0n) is 30.4. The molecule has 0 radical (unpaired) electrons. The summed E-state index contributed by atoms with van der Waals surface area (Å²) in [6, 6.07) is 61.3. The molecule has 0 N–H and O–H groups in total. The summed E-state index contributed by atoms with van der Waals surface area (Å²) in [6.07, 6.45) is 5.83. The highest BCUT2D eigenvalue weighted by atomic mass is 16.3. The van der Waals surface area contributed by atoms with Crippen LogP contribution >= 0.6 is 0 Å². The molecule has 1 aliphatic rings.